The van der Waals surface area contributed by atoms with Crippen molar-refractivity contribution in [3.63, 3.8) is 0 Å². The second-order valence-corrected chi connectivity index (χ2v) is 11.9. The third-order valence-electron chi connectivity index (χ3n) is 7.16. The molecule has 0 spiro atoms. The van der Waals surface area contributed by atoms with E-state index in [-0.39, 0.29) is 5.44 Å². The van der Waals surface area contributed by atoms with E-state index in [1.807, 2.05) is 36.4 Å². The maximum absolute atomic E-state index is 11.3. The molecule has 1 N–H and O–H groups in total. The van der Waals surface area contributed by atoms with E-state index in [9.17, 15) is 9.90 Å². The Balaban J connectivity index is 1.35. The number of carboxylic acids is 1. The monoisotopic (exact) mass is 587 g/mol. The van der Waals surface area contributed by atoms with Crippen LogP contribution in [0.3, 0.4) is 0 Å². The van der Waals surface area contributed by atoms with Gasteiger partial charge in [0.25, 0.3) is 0 Å². The van der Waals surface area contributed by atoms with Gasteiger partial charge < -0.3 is 14.6 Å². The minimum atomic E-state index is -1.04. The fraction of sp³-hybridized carbons (Fsp3) is 0.0857. The van der Waals surface area contributed by atoms with E-state index in [0.29, 0.717) is 11.5 Å². The summed E-state index contributed by atoms with van der Waals surface area (Å²) in [6.45, 7) is -0.449. The van der Waals surface area contributed by atoms with Crippen molar-refractivity contribution in [2.75, 3.05) is 6.61 Å². The van der Waals surface area contributed by atoms with Crippen molar-refractivity contribution in [3.05, 3.63) is 126 Å². The maximum Gasteiger partial charge on any atom is 0.341 e. The van der Waals surface area contributed by atoms with Gasteiger partial charge in [-0.25, -0.2) is 9.78 Å². The fourth-order valence-electron chi connectivity index (χ4n) is 5.26. The second-order valence-electron chi connectivity index (χ2n) is 9.87. The van der Waals surface area contributed by atoms with E-state index in [0.717, 1.165) is 43.6 Å². The van der Waals surface area contributed by atoms with Gasteiger partial charge in [0, 0.05) is 16.9 Å². The Hall–Kier alpha value is -4.59. The Morgan fingerprint density at radius 1 is 0.810 bits per heavy atom. The van der Waals surface area contributed by atoms with Crippen LogP contribution in [0.25, 0.3) is 43.7 Å². The lowest BCUT2D eigenvalue weighted by Gasteiger charge is -2.26. The number of aromatic nitrogens is 1. The van der Waals surface area contributed by atoms with Gasteiger partial charge in [-0.2, -0.15) is 0 Å². The van der Waals surface area contributed by atoms with Crippen LogP contribution in [0, 0.1) is 0 Å². The summed E-state index contributed by atoms with van der Waals surface area (Å²) >= 11 is 3.32. The first kappa shape index (κ1) is 26.3. The molecule has 7 heteroatoms. The van der Waals surface area contributed by atoms with Gasteiger partial charge in [-0.3, -0.25) is 0 Å². The number of hydrogen-bond donors (Lipinski definition) is 1. The zero-order valence-electron chi connectivity index (χ0n) is 22.4. The van der Waals surface area contributed by atoms with Crippen LogP contribution in [0.15, 0.2) is 115 Å². The summed E-state index contributed by atoms with van der Waals surface area (Å²) in [5, 5.41) is 12.5. The van der Waals surface area contributed by atoms with Crippen molar-refractivity contribution < 1.29 is 19.4 Å². The zero-order chi connectivity index (χ0) is 28.5. The minimum absolute atomic E-state index is 0.335. The smallest absolute Gasteiger partial charge is 0.341 e. The highest BCUT2D eigenvalue weighted by Crippen LogP contribution is 2.54. The molecule has 1 aliphatic rings. The molecule has 1 aliphatic heterocycles. The number of carbonyl (C=O) groups is 1. The van der Waals surface area contributed by atoms with Gasteiger partial charge in [0.1, 0.15) is 5.01 Å². The molecule has 2 heterocycles. The van der Waals surface area contributed by atoms with Crippen molar-refractivity contribution >= 4 is 39.8 Å². The van der Waals surface area contributed by atoms with Crippen LogP contribution >= 0.6 is 23.1 Å². The Kier molecular flexibility index (Phi) is 7.11. The average molecular weight is 588 g/mol. The molecule has 0 amide bonds. The lowest BCUT2D eigenvalue weighted by Crippen LogP contribution is -2.14. The van der Waals surface area contributed by atoms with Gasteiger partial charge in [-0.05, 0) is 39.6 Å². The largest absolute Gasteiger partial charge is 0.479 e. The summed E-state index contributed by atoms with van der Waals surface area (Å²) in [4.78, 5) is 17.5. The number of benzene rings is 5. The maximum atomic E-state index is 11.3. The van der Waals surface area contributed by atoms with Crippen LogP contribution in [0.4, 0.5) is 0 Å². The molecule has 7 rings (SSSR count). The number of thiazole rings is 1. The fourth-order valence-corrected chi connectivity index (χ4v) is 7.60. The number of aliphatic carboxylic acids is 1. The molecule has 0 fully saturated rings. The molecule has 5 aromatic carbocycles. The third-order valence-corrected chi connectivity index (χ3v) is 9.57. The molecule has 206 valence electrons. The highest BCUT2D eigenvalue weighted by molar-refractivity contribution is 7.98. The molecule has 5 nitrogen and oxygen atoms in total. The predicted molar refractivity (Wildman–Crippen MR) is 170 cm³/mol. The predicted octanol–water partition coefficient (Wildman–Crippen LogP) is 9.09. The molecule has 0 bridgehead atoms. The number of hydrogen-bond acceptors (Lipinski definition) is 6. The average Bonchev–Trinajstić information content (AvgIpc) is 3.49. The normalized spacial score (nSPS) is 13.7. The van der Waals surface area contributed by atoms with Crippen molar-refractivity contribution in [1.29, 1.82) is 0 Å². The topological polar surface area (TPSA) is 68.7 Å². The van der Waals surface area contributed by atoms with Crippen LogP contribution in [-0.4, -0.2) is 22.7 Å². The van der Waals surface area contributed by atoms with Gasteiger partial charge in [0.15, 0.2) is 23.5 Å². The Morgan fingerprint density at radius 2 is 1.50 bits per heavy atom. The van der Waals surface area contributed by atoms with Crippen LogP contribution in [0.1, 0.15) is 15.9 Å². The van der Waals surface area contributed by atoms with Crippen LogP contribution < -0.4 is 9.47 Å². The Bertz CT molecular complexity index is 1910. The van der Waals surface area contributed by atoms with Crippen LogP contribution in [0.5, 0.6) is 11.5 Å². The molecular formula is C35H25NO4S2. The number of rotatable bonds is 8. The summed E-state index contributed by atoms with van der Waals surface area (Å²) in [5.74, 6) is 0.630. The number of nitrogens with zero attached hydrogens (tertiary/aromatic N) is 1. The molecular weight excluding hydrogens is 563 g/mol. The number of para-hydroxylation sites is 1. The number of thioether (sulfide) groups is 1. The quantitative estimate of drug-likeness (QED) is 0.192. The zero-order valence-corrected chi connectivity index (χ0v) is 24.0. The second kappa shape index (κ2) is 11.4. The van der Waals surface area contributed by atoms with Gasteiger partial charge >= 0.3 is 5.97 Å². The Labute approximate surface area is 251 Å². The summed E-state index contributed by atoms with van der Waals surface area (Å²) < 4.78 is 12.2. The van der Waals surface area contributed by atoms with Crippen molar-refractivity contribution in [2.45, 2.75) is 11.2 Å². The summed E-state index contributed by atoms with van der Waals surface area (Å²) in [5.41, 5.74) is 5.84. The van der Waals surface area contributed by atoms with Gasteiger partial charge in [0.05, 0.1) is 10.6 Å². The van der Waals surface area contributed by atoms with Gasteiger partial charge in [-0.15, -0.1) is 23.1 Å². The first-order valence-corrected chi connectivity index (χ1v) is 15.4. The Morgan fingerprint density at radius 3 is 2.36 bits per heavy atom. The van der Waals surface area contributed by atoms with Crippen LogP contribution in [-0.2, 0) is 10.5 Å². The summed E-state index contributed by atoms with van der Waals surface area (Å²) in [7, 11) is 0. The van der Waals surface area contributed by atoms with E-state index in [1.54, 1.807) is 29.2 Å². The molecule has 1 unspecified atom stereocenters. The first-order chi connectivity index (χ1) is 20.7. The molecule has 42 heavy (non-hydrogen) atoms. The minimum Gasteiger partial charge on any atom is -0.479 e. The molecule has 0 saturated carbocycles. The third kappa shape index (κ3) is 5.02. The van der Waals surface area contributed by atoms with E-state index in [1.165, 1.54) is 16.3 Å². The lowest BCUT2D eigenvalue weighted by molar-refractivity contribution is -0.139. The van der Waals surface area contributed by atoms with E-state index in [4.69, 9.17) is 14.5 Å². The first-order valence-electron chi connectivity index (χ1n) is 13.5. The molecule has 1 atom stereocenters. The van der Waals surface area contributed by atoms with Gasteiger partial charge in [-0.1, -0.05) is 103 Å². The molecule has 0 aliphatic carbocycles. The van der Waals surface area contributed by atoms with E-state index < -0.39 is 12.6 Å². The highest BCUT2D eigenvalue weighted by atomic mass is 32.2. The highest BCUT2D eigenvalue weighted by Gasteiger charge is 2.33. The number of fused-ring (bicyclic) bond motifs is 4. The molecule has 0 saturated heterocycles. The molecule has 1 aromatic heterocycles. The standard InChI is InChI=1S/C35H25NO4S2/c37-30(38)20-39-29-19-9-18-28-31-33(35(40-32(28)29)41-21-22-10-2-1-3-11-22)42-34(36-31)27-16-7-6-15-26(27)25-17-8-13-23-12-4-5-14-24(23)25/h1-19,35H,20-21H2,(H,37,38). The van der Waals surface area contributed by atoms with Crippen molar-refractivity contribution in [3.8, 4) is 44.5 Å². The van der Waals surface area contributed by atoms with E-state index >= 15 is 0 Å². The van der Waals surface area contributed by atoms with E-state index in [2.05, 4.69) is 72.8 Å². The van der Waals surface area contributed by atoms with Crippen molar-refractivity contribution in [2.24, 2.45) is 0 Å². The molecule has 0 radical (unpaired) electrons. The number of ether oxygens (including phenoxy) is 2. The van der Waals surface area contributed by atoms with Crippen molar-refractivity contribution in [1.82, 2.24) is 4.98 Å². The molecule has 6 aromatic rings. The summed E-state index contributed by atoms with van der Waals surface area (Å²) in [6, 6.07) is 39.1. The lowest BCUT2D eigenvalue weighted by atomic mass is 9.95. The van der Waals surface area contributed by atoms with Crippen LogP contribution in [0.2, 0.25) is 0 Å². The SMILES string of the molecule is O=C(O)COc1cccc2c1OC(SCc1ccccc1)c1sc(-c3ccccc3-c3cccc4ccccc34)nc1-2. The summed E-state index contributed by atoms with van der Waals surface area (Å²) in [6.07, 6.45) is 0. The number of carboxylic acid groups (broad SMARTS) is 1. The van der Waals surface area contributed by atoms with Gasteiger partial charge in [0.2, 0.25) is 0 Å².